The van der Waals surface area contributed by atoms with Crippen molar-refractivity contribution in [3.63, 3.8) is 0 Å². The third kappa shape index (κ3) is 2.98. The molecule has 0 aromatic heterocycles. The van der Waals surface area contributed by atoms with Crippen LogP contribution in [0.15, 0.2) is 42.5 Å². The maximum atomic E-state index is 11.3. The van der Waals surface area contributed by atoms with E-state index in [-0.39, 0.29) is 0 Å². The summed E-state index contributed by atoms with van der Waals surface area (Å²) >= 11 is 0. The molecule has 0 fully saturated rings. The van der Waals surface area contributed by atoms with Crippen LogP contribution in [0.2, 0.25) is 0 Å². The molecule has 16 heavy (non-hydrogen) atoms. The fourth-order valence-electron chi connectivity index (χ4n) is 1.20. The van der Waals surface area contributed by atoms with Gasteiger partial charge in [-0.1, -0.05) is 24.8 Å². The predicted octanol–water partition coefficient (Wildman–Crippen LogP) is 2.44. The lowest BCUT2D eigenvalue weighted by molar-refractivity contribution is -0.135. The highest BCUT2D eigenvalue weighted by Crippen LogP contribution is 2.14. The Balaban J connectivity index is 2.95. The molecule has 0 saturated heterocycles. The minimum atomic E-state index is -0.397. The quantitative estimate of drug-likeness (QED) is 0.442. The Bertz CT molecular complexity index is 402. The van der Waals surface area contributed by atoms with Gasteiger partial charge in [0.15, 0.2) is 0 Å². The minimum absolute atomic E-state index is 0.397. The molecule has 3 heteroatoms. The fraction of sp³-hybridized carbons (Fsp3) is 0.154. The number of rotatable bonds is 4. The highest BCUT2D eigenvalue weighted by molar-refractivity contribution is 5.96. The summed E-state index contributed by atoms with van der Waals surface area (Å²) in [4.78, 5) is 11.3. The number of carbonyl (C=O) groups is 1. The van der Waals surface area contributed by atoms with Gasteiger partial charge < -0.3 is 9.47 Å². The van der Waals surface area contributed by atoms with Crippen molar-refractivity contribution in [1.29, 1.82) is 0 Å². The van der Waals surface area contributed by atoms with Crippen molar-refractivity contribution in [2.75, 3.05) is 14.2 Å². The van der Waals surface area contributed by atoms with E-state index in [4.69, 9.17) is 4.74 Å². The maximum Gasteiger partial charge on any atom is 0.337 e. The van der Waals surface area contributed by atoms with Crippen molar-refractivity contribution in [3.8, 4) is 5.75 Å². The third-order valence-electron chi connectivity index (χ3n) is 2.08. The number of benzene rings is 1. The van der Waals surface area contributed by atoms with Gasteiger partial charge >= 0.3 is 5.97 Å². The molecule has 0 N–H and O–H groups in total. The molecule has 0 radical (unpaired) electrons. The molecule has 1 rings (SSSR count). The molecule has 0 saturated carbocycles. The van der Waals surface area contributed by atoms with Gasteiger partial charge in [0.25, 0.3) is 0 Å². The summed E-state index contributed by atoms with van der Waals surface area (Å²) in [7, 11) is 2.95. The van der Waals surface area contributed by atoms with Gasteiger partial charge in [-0.2, -0.15) is 0 Å². The van der Waals surface area contributed by atoms with E-state index >= 15 is 0 Å². The average Bonchev–Trinajstić information content (AvgIpc) is 2.35. The lowest BCUT2D eigenvalue weighted by atomic mass is 10.1. The molecule has 0 amide bonds. The summed E-state index contributed by atoms with van der Waals surface area (Å²) in [5, 5.41) is 0. The number of methoxy groups -OCH3 is 2. The average molecular weight is 218 g/mol. The van der Waals surface area contributed by atoms with Gasteiger partial charge in [0.05, 0.1) is 19.8 Å². The molecule has 1 aromatic rings. The van der Waals surface area contributed by atoms with Crippen LogP contribution < -0.4 is 4.74 Å². The normalized spacial score (nSPS) is 10.8. The van der Waals surface area contributed by atoms with Gasteiger partial charge in [-0.05, 0) is 23.8 Å². The smallest absolute Gasteiger partial charge is 0.337 e. The molecule has 3 nitrogen and oxygen atoms in total. The van der Waals surface area contributed by atoms with Crippen molar-refractivity contribution in [2.45, 2.75) is 0 Å². The molecule has 0 spiro atoms. The van der Waals surface area contributed by atoms with Crippen LogP contribution in [0.4, 0.5) is 0 Å². The molecular formula is C13H14O3. The maximum absolute atomic E-state index is 11.3. The van der Waals surface area contributed by atoms with E-state index in [2.05, 4.69) is 11.3 Å². The largest absolute Gasteiger partial charge is 0.497 e. The van der Waals surface area contributed by atoms with E-state index in [1.165, 1.54) is 13.2 Å². The number of carbonyl (C=O) groups excluding carboxylic acids is 1. The zero-order valence-corrected chi connectivity index (χ0v) is 9.40. The van der Waals surface area contributed by atoms with E-state index in [9.17, 15) is 4.79 Å². The standard InChI is InChI=1S/C13H14O3/c1-4-11(13(14)16-3)9-10-5-7-12(15-2)8-6-10/h4-9H,1H2,2-3H3. The topological polar surface area (TPSA) is 35.5 Å². The van der Waals surface area contributed by atoms with Crippen molar-refractivity contribution in [2.24, 2.45) is 0 Å². The molecule has 0 aliphatic heterocycles. The van der Waals surface area contributed by atoms with E-state index in [0.717, 1.165) is 11.3 Å². The zero-order chi connectivity index (χ0) is 12.0. The van der Waals surface area contributed by atoms with Gasteiger partial charge in [-0.25, -0.2) is 4.79 Å². The van der Waals surface area contributed by atoms with Gasteiger partial charge in [0, 0.05) is 0 Å². The second kappa shape index (κ2) is 5.75. The van der Waals surface area contributed by atoms with Crippen LogP contribution in [0.1, 0.15) is 5.56 Å². The van der Waals surface area contributed by atoms with E-state index in [0.29, 0.717) is 5.57 Å². The van der Waals surface area contributed by atoms with E-state index in [1.807, 2.05) is 24.3 Å². The summed E-state index contributed by atoms with van der Waals surface area (Å²) in [5.74, 6) is 0.376. The van der Waals surface area contributed by atoms with Crippen LogP contribution in [0, 0.1) is 0 Å². The molecule has 0 heterocycles. The fourth-order valence-corrected chi connectivity index (χ4v) is 1.20. The van der Waals surface area contributed by atoms with Crippen LogP contribution in [-0.2, 0) is 9.53 Å². The Labute approximate surface area is 95.0 Å². The Morgan fingerprint density at radius 2 is 1.88 bits per heavy atom. The van der Waals surface area contributed by atoms with Crippen molar-refractivity contribution in [3.05, 3.63) is 48.1 Å². The molecule has 0 aliphatic rings. The highest BCUT2D eigenvalue weighted by atomic mass is 16.5. The first-order chi connectivity index (χ1) is 7.71. The molecule has 1 aromatic carbocycles. The van der Waals surface area contributed by atoms with E-state index < -0.39 is 5.97 Å². The molecule has 0 bridgehead atoms. The van der Waals surface area contributed by atoms with E-state index in [1.54, 1.807) is 13.2 Å². The number of hydrogen-bond acceptors (Lipinski definition) is 3. The summed E-state index contributed by atoms with van der Waals surface area (Å²) in [6.45, 7) is 3.57. The van der Waals surface area contributed by atoms with Crippen LogP contribution in [0.3, 0.4) is 0 Å². The third-order valence-corrected chi connectivity index (χ3v) is 2.08. The lowest BCUT2D eigenvalue weighted by Gasteiger charge is -2.01. The Morgan fingerprint density at radius 3 is 2.31 bits per heavy atom. The first-order valence-corrected chi connectivity index (χ1v) is 4.77. The van der Waals surface area contributed by atoms with Crippen LogP contribution in [0.25, 0.3) is 6.08 Å². The van der Waals surface area contributed by atoms with Gasteiger partial charge in [-0.15, -0.1) is 0 Å². The highest BCUT2D eigenvalue weighted by Gasteiger charge is 2.04. The first kappa shape index (κ1) is 12.0. The molecule has 0 aliphatic carbocycles. The summed E-state index contributed by atoms with van der Waals surface area (Å²) < 4.78 is 9.65. The summed E-state index contributed by atoms with van der Waals surface area (Å²) in [5.41, 5.74) is 1.31. The van der Waals surface area contributed by atoms with Crippen LogP contribution >= 0.6 is 0 Å². The lowest BCUT2D eigenvalue weighted by Crippen LogP contribution is -2.01. The zero-order valence-electron chi connectivity index (χ0n) is 9.40. The SMILES string of the molecule is C=CC(=Cc1ccc(OC)cc1)C(=O)OC. The van der Waals surface area contributed by atoms with Crippen LogP contribution in [0.5, 0.6) is 5.75 Å². The first-order valence-electron chi connectivity index (χ1n) is 4.77. The molecular weight excluding hydrogens is 204 g/mol. The number of hydrogen-bond donors (Lipinski definition) is 0. The summed E-state index contributed by atoms with van der Waals surface area (Å²) in [6, 6.07) is 7.35. The molecule has 0 unspecified atom stereocenters. The Hall–Kier alpha value is -2.03. The van der Waals surface area contributed by atoms with Crippen LogP contribution in [-0.4, -0.2) is 20.2 Å². The van der Waals surface area contributed by atoms with Crippen molar-refractivity contribution >= 4 is 12.0 Å². The Kier molecular flexibility index (Phi) is 4.33. The van der Waals surface area contributed by atoms with Crippen molar-refractivity contribution in [1.82, 2.24) is 0 Å². The summed E-state index contributed by atoms with van der Waals surface area (Å²) in [6.07, 6.45) is 3.17. The predicted molar refractivity (Wildman–Crippen MR) is 63.2 cm³/mol. The van der Waals surface area contributed by atoms with Crippen molar-refractivity contribution < 1.29 is 14.3 Å². The minimum Gasteiger partial charge on any atom is -0.497 e. The molecule has 0 atom stereocenters. The monoisotopic (exact) mass is 218 g/mol. The van der Waals surface area contributed by atoms with Gasteiger partial charge in [0.1, 0.15) is 5.75 Å². The number of esters is 1. The Morgan fingerprint density at radius 1 is 1.25 bits per heavy atom. The second-order valence-corrected chi connectivity index (χ2v) is 3.07. The molecule has 84 valence electrons. The number of ether oxygens (including phenoxy) is 2. The van der Waals surface area contributed by atoms with Gasteiger partial charge in [-0.3, -0.25) is 0 Å². The second-order valence-electron chi connectivity index (χ2n) is 3.07. The van der Waals surface area contributed by atoms with Gasteiger partial charge in [0.2, 0.25) is 0 Å².